The summed E-state index contributed by atoms with van der Waals surface area (Å²) in [6.07, 6.45) is 3.21. The Morgan fingerprint density at radius 1 is 1.36 bits per heavy atom. The number of nitrogens with one attached hydrogen (secondary N) is 2. The van der Waals surface area contributed by atoms with Crippen LogP contribution in [-0.4, -0.2) is 21.1 Å². The molecular weight excluding hydrogens is 280 g/mol. The van der Waals surface area contributed by atoms with Gasteiger partial charge in [0, 0.05) is 17.9 Å². The zero-order valence-corrected chi connectivity index (χ0v) is 12.0. The number of carbonyl (C=O) groups is 1. The van der Waals surface area contributed by atoms with Gasteiger partial charge in [-0.25, -0.2) is 4.98 Å². The molecule has 0 saturated carbocycles. The number of carbonyl (C=O) groups excluding carboxylic acids is 1. The topological polar surface area (TPSA) is 123 Å². The summed E-state index contributed by atoms with van der Waals surface area (Å²) >= 11 is 0. The highest BCUT2D eigenvalue weighted by Crippen LogP contribution is 2.22. The molecular formula is C15H16N6O. The molecule has 0 aliphatic carbocycles. The first-order chi connectivity index (χ1) is 10.6. The van der Waals surface area contributed by atoms with Gasteiger partial charge >= 0.3 is 0 Å². The average Bonchev–Trinajstić information content (AvgIpc) is 2.96. The van der Waals surface area contributed by atoms with Crippen LogP contribution < -0.4 is 16.8 Å². The Morgan fingerprint density at radius 2 is 2.18 bits per heavy atom. The van der Waals surface area contributed by atoms with Crippen LogP contribution in [0.2, 0.25) is 0 Å². The molecule has 2 heterocycles. The number of benzene rings is 1. The van der Waals surface area contributed by atoms with E-state index in [9.17, 15) is 4.79 Å². The monoisotopic (exact) mass is 296 g/mol. The van der Waals surface area contributed by atoms with Crippen LogP contribution in [0.1, 0.15) is 28.9 Å². The predicted octanol–water partition coefficient (Wildman–Crippen LogP) is 1.81. The van der Waals surface area contributed by atoms with Gasteiger partial charge in [-0.15, -0.1) is 0 Å². The summed E-state index contributed by atoms with van der Waals surface area (Å²) in [4.78, 5) is 16.5. The number of H-pyrrole nitrogens is 1. The van der Waals surface area contributed by atoms with Crippen LogP contribution in [0.5, 0.6) is 0 Å². The van der Waals surface area contributed by atoms with Crippen molar-refractivity contribution in [2.75, 3.05) is 11.1 Å². The maximum Gasteiger partial charge on any atom is 0.257 e. The molecule has 0 fully saturated rings. The number of fused-ring (bicyclic) bond motifs is 1. The van der Waals surface area contributed by atoms with E-state index >= 15 is 0 Å². The third-order valence-corrected chi connectivity index (χ3v) is 3.45. The summed E-state index contributed by atoms with van der Waals surface area (Å²) in [5.41, 5.74) is 14.7. The van der Waals surface area contributed by atoms with Crippen molar-refractivity contribution < 1.29 is 4.79 Å². The van der Waals surface area contributed by atoms with Crippen molar-refractivity contribution in [1.82, 2.24) is 15.2 Å². The molecule has 1 unspecified atom stereocenters. The summed E-state index contributed by atoms with van der Waals surface area (Å²) in [7, 11) is 0. The van der Waals surface area contributed by atoms with E-state index in [-0.39, 0.29) is 11.9 Å². The molecule has 3 rings (SSSR count). The number of rotatable bonds is 3. The van der Waals surface area contributed by atoms with E-state index in [0.29, 0.717) is 22.6 Å². The zero-order chi connectivity index (χ0) is 15.7. The van der Waals surface area contributed by atoms with Crippen molar-refractivity contribution in [3.8, 4) is 0 Å². The fraction of sp³-hybridized carbons (Fsp3) is 0.133. The quantitative estimate of drug-likeness (QED) is 0.549. The molecule has 7 nitrogen and oxygen atoms in total. The van der Waals surface area contributed by atoms with Gasteiger partial charge < -0.3 is 16.8 Å². The summed E-state index contributed by atoms with van der Waals surface area (Å²) in [6, 6.07) is 6.78. The van der Waals surface area contributed by atoms with Gasteiger partial charge in [-0.3, -0.25) is 9.89 Å². The molecule has 1 atom stereocenters. The van der Waals surface area contributed by atoms with Crippen LogP contribution in [0.3, 0.4) is 0 Å². The van der Waals surface area contributed by atoms with E-state index in [1.165, 1.54) is 0 Å². The first kappa shape index (κ1) is 14.0. The third-order valence-electron chi connectivity index (χ3n) is 3.45. The van der Waals surface area contributed by atoms with Crippen molar-refractivity contribution in [1.29, 1.82) is 0 Å². The fourth-order valence-electron chi connectivity index (χ4n) is 2.22. The van der Waals surface area contributed by atoms with Crippen LogP contribution in [-0.2, 0) is 0 Å². The molecule has 0 spiro atoms. The van der Waals surface area contributed by atoms with E-state index in [0.717, 1.165) is 10.9 Å². The van der Waals surface area contributed by atoms with Gasteiger partial charge in [0.2, 0.25) is 0 Å². The molecule has 1 amide bonds. The number of aromatic amines is 1. The summed E-state index contributed by atoms with van der Waals surface area (Å²) in [6.45, 7) is 1.86. The average molecular weight is 296 g/mol. The second kappa shape index (κ2) is 5.45. The molecule has 7 heteroatoms. The van der Waals surface area contributed by atoms with Crippen molar-refractivity contribution >= 4 is 28.3 Å². The predicted molar refractivity (Wildman–Crippen MR) is 85.3 cm³/mol. The molecule has 0 aliphatic rings. The SMILES string of the molecule is CC(N)c1ccc(C(=O)Nc2ccnc3[nH]ncc23)c(N)c1. The van der Waals surface area contributed by atoms with Crippen LogP contribution >= 0.6 is 0 Å². The van der Waals surface area contributed by atoms with Gasteiger partial charge in [0.25, 0.3) is 5.91 Å². The lowest BCUT2D eigenvalue weighted by Crippen LogP contribution is -2.15. The van der Waals surface area contributed by atoms with Crippen molar-refractivity contribution in [3.63, 3.8) is 0 Å². The minimum atomic E-state index is -0.289. The summed E-state index contributed by atoms with van der Waals surface area (Å²) in [5, 5.41) is 10.2. The third kappa shape index (κ3) is 2.49. The lowest BCUT2D eigenvalue weighted by molar-refractivity contribution is 0.102. The van der Waals surface area contributed by atoms with Crippen LogP contribution in [0.4, 0.5) is 11.4 Å². The van der Waals surface area contributed by atoms with Gasteiger partial charge in [0.1, 0.15) is 0 Å². The maximum atomic E-state index is 12.4. The maximum absolute atomic E-state index is 12.4. The summed E-state index contributed by atoms with van der Waals surface area (Å²) in [5.74, 6) is -0.289. The lowest BCUT2D eigenvalue weighted by Gasteiger charge is -2.11. The number of nitrogens with two attached hydrogens (primary N) is 2. The first-order valence-electron chi connectivity index (χ1n) is 6.80. The Kier molecular flexibility index (Phi) is 3.48. The highest BCUT2D eigenvalue weighted by atomic mass is 16.1. The molecule has 0 aliphatic heterocycles. The highest BCUT2D eigenvalue weighted by molar-refractivity contribution is 6.10. The van der Waals surface area contributed by atoms with Crippen molar-refractivity contribution in [2.45, 2.75) is 13.0 Å². The van der Waals surface area contributed by atoms with E-state index in [2.05, 4.69) is 20.5 Å². The number of nitrogen functional groups attached to an aromatic ring is 1. The van der Waals surface area contributed by atoms with E-state index in [1.807, 2.05) is 6.92 Å². The van der Waals surface area contributed by atoms with Gasteiger partial charge in [-0.1, -0.05) is 6.07 Å². The minimum absolute atomic E-state index is 0.134. The first-order valence-corrected chi connectivity index (χ1v) is 6.80. The standard InChI is InChI=1S/C15H16N6O/c1-8(16)9-2-3-10(12(17)6-9)15(22)20-13-4-5-18-14-11(13)7-19-21-14/h2-8H,16-17H2,1H3,(H2,18,19,20,21,22). The van der Waals surface area contributed by atoms with Gasteiger partial charge in [0.15, 0.2) is 5.65 Å². The van der Waals surface area contributed by atoms with Crippen LogP contribution in [0, 0.1) is 0 Å². The second-order valence-electron chi connectivity index (χ2n) is 5.08. The van der Waals surface area contributed by atoms with E-state index in [1.54, 1.807) is 36.7 Å². The molecule has 0 bridgehead atoms. The largest absolute Gasteiger partial charge is 0.398 e. The number of hydrogen-bond donors (Lipinski definition) is 4. The Balaban J connectivity index is 1.90. The smallest absolute Gasteiger partial charge is 0.257 e. The van der Waals surface area contributed by atoms with E-state index in [4.69, 9.17) is 11.5 Å². The number of hydrogen-bond acceptors (Lipinski definition) is 5. The zero-order valence-electron chi connectivity index (χ0n) is 12.0. The van der Waals surface area contributed by atoms with Crippen LogP contribution in [0.15, 0.2) is 36.7 Å². The lowest BCUT2D eigenvalue weighted by atomic mass is 10.0. The van der Waals surface area contributed by atoms with Gasteiger partial charge in [0.05, 0.1) is 22.8 Å². The molecule has 6 N–H and O–H groups in total. The number of aromatic nitrogens is 3. The number of amides is 1. The molecule has 0 saturated heterocycles. The number of anilines is 2. The molecule has 112 valence electrons. The van der Waals surface area contributed by atoms with Gasteiger partial charge in [-0.05, 0) is 30.7 Å². The number of pyridine rings is 1. The Hall–Kier alpha value is -2.93. The highest BCUT2D eigenvalue weighted by Gasteiger charge is 2.13. The van der Waals surface area contributed by atoms with Crippen molar-refractivity contribution in [2.24, 2.45) is 5.73 Å². The molecule has 22 heavy (non-hydrogen) atoms. The minimum Gasteiger partial charge on any atom is -0.398 e. The van der Waals surface area contributed by atoms with Crippen molar-refractivity contribution in [3.05, 3.63) is 47.8 Å². The Morgan fingerprint density at radius 3 is 2.91 bits per heavy atom. The second-order valence-corrected chi connectivity index (χ2v) is 5.08. The molecule has 2 aromatic heterocycles. The van der Waals surface area contributed by atoms with Crippen LogP contribution in [0.25, 0.3) is 11.0 Å². The van der Waals surface area contributed by atoms with E-state index < -0.39 is 0 Å². The fourth-order valence-corrected chi connectivity index (χ4v) is 2.22. The molecule has 0 radical (unpaired) electrons. The Bertz CT molecular complexity index is 839. The molecule has 3 aromatic rings. The molecule has 1 aromatic carbocycles. The summed E-state index contributed by atoms with van der Waals surface area (Å²) < 4.78 is 0. The number of nitrogens with zero attached hydrogens (tertiary/aromatic N) is 2. The van der Waals surface area contributed by atoms with Gasteiger partial charge in [-0.2, -0.15) is 5.10 Å². The normalized spacial score (nSPS) is 12.3. The Labute approximate surface area is 126 Å².